The maximum absolute atomic E-state index is 12.5. The summed E-state index contributed by atoms with van der Waals surface area (Å²) < 4.78 is 10.5. The first-order valence-corrected chi connectivity index (χ1v) is 8.97. The van der Waals surface area contributed by atoms with Gasteiger partial charge in [0.2, 0.25) is 0 Å². The minimum atomic E-state index is -0.200. The molecular weight excluding hydrogens is 358 g/mol. The lowest BCUT2D eigenvalue weighted by atomic mass is 9.94. The van der Waals surface area contributed by atoms with Crippen LogP contribution in [0.25, 0.3) is 11.4 Å². The van der Waals surface area contributed by atoms with Gasteiger partial charge < -0.3 is 24.9 Å². The zero-order valence-electron chi connectivity index (χ0n) is 15.7. The summed E-state index contributed by atoms with van der Waals surface area (Å²) in [5.41, 5.74) is 3.00. The highest BCUT2D eigenvalue weighted by Crippen LogP contribution is 2.32. The van der Waals surface area contributed by atoms with Crippen LogP contribution in [0.3, 0.4) is 0 Å². The highest BCUT2D eigenvalue weighted by molar-refractivity contribution is 5.94. The van der Waals surface area contributed by atoms with Crippen molar-refractivity contribution in [2.45, 2.75) is 12.3 Å². The molecule has 1 aliphatic rings. The van der Waals surface area contributed by atoms with Crippen LogP contribution in [0.1, 0.15) is 27.7 Å². The normalized spacial score (nSPS) is 16.1. The van der Waals surface area contributed by atoms with Crippen molar-refractivity contribution in [2.24, 2.45) is 0 Å². The molecule has 7 heteroatoms. The van der Waals surface area contributed by atoms with Crippen LogP contribution >= 0.6 is 0 Å². The number of phenolic OH excluding ortho intramolecular Hbond substituents is 1. The second-order valence-corrected chi connectivity index (χ2v) is 6.69. The molecule has 28 heavy (non-hydrogen) atoms. The number of imidazole rings is 1. The Balaban J connectivity index is 1.69. The van der Waals surface area contributed by atoms with E-state index in [1.54, 1.807) is 25.3 Å². The topological polar surface area (TPSA) is 96.5 Å². The molecule has 4 rings (SSSR count). The number of H-pyrrole nitrogens is 1. The second kappa shape index (κ2) is 7.26. The predicted octanol–water partition coefficient (Wildman–Crippen LogP) is 2.87. The molecule has 0 unspecified atom stereocenters. The van der Waals surface area contributed by atoms with E-state index in [0.29, 0.717) is 30.2 Å². The summed E-state index contributed by atoms with van der Waals surface area (Å²) in [5.74, 6) is 1.65. The summed E-state index contributed by atoms with van der Waals surface area (Å²) in [7, 11) is 3.13. The van der Waals surface area contributed by atoms with Gasteiger partial charge in [0.05, 0.1) is 14.2 Å². The Bertz CT molecular complexity index is 1030. The summed E-state index contributed by atoms with van der Waals surface area (Å²) in [6, 6.07) is 12.8. The number of nitrogens with zero attached hydrogens (tertiary/aromatic N) is 1. The number of rotatable bonds is 4. The van der Waals surface area contributed by atoms with Crippen LogP contribution < -0.4 is 14.8 Å². The maximum atomic E-state index is 12.5. The molecule has 0 fully saturated rings. The highest BCUT2D eigenvalue weighted by atomic mass is 16.5. The monoisotopic (exact) mass is 379 g/mol. The Morgan fingerprint density at radius 3 is 2.79 bits per heavy atom. The van der Waals surface area contributed by atoms with Crippen LogP contribution in [0.15, 0.2) is 42.5 Å². The highest BCUT2D eigenvalue weighted by Gasteiger charge is 2.27. The van der Waals surface area contributed by atoms with Crippen molar-refractivity contribution < 1.29 is 19.4 Å². The third kappa shape index (κ3) is 3.26. The van der Waals surface area contributed by atoms with Crippen molar-refractivity contribution in [1.82, 2.24) is 15.3 Å². The van der Waals surface area contributed by atoms with E-state index in [2.05, 4.69) is 15.3 Å². The number of fused-ring (bicyclic) bond motifs is 1. The quantitative estimate of drug-likeness (QED) is 0.648. The fourth-order valence-electron chi connectivity index (χ4n) is 3.46. The van der Waals surface area contributed by atoms with Gasteiger partial charge in [-0.3, -0.25) is 4.79 Å². The number of methoxy groups -OCH3 is 2. The Morgan fingerprint density at radius 1 is 1.14 bits per heavy atom. The molecule has 1 amide bonds. The summed E-state index contributed by atoms with van der Waals surface area (Å²) in [4.78, 5) is 20.3. The maximum Gasteiger partial charge on any atom is 0.271 e. The molecule has 0 spiro atoms. The molecule has 1 aromatic heterocycles. The number of aromatic amines is 1. The van der Waals surface area contributed by atoms with E-state index in [1.165, 1.54) is 7.11 Å². The van der Waals surface area contributed by atoms with Crippen molar-refractivity contribution >= 4 is 5.91 Å². The molecule has 0 aliphatic carbocycles. The number of hydrogen-bond donors (Lipinski definition) is 3. The minimum absolute atomic E-state index is 0.0511. The Labute approximate surface area is 162 Å². The SMILES string of the molecule is COc1cccc([C@H]2CNC(=O)c3nc(-c4ccc(O)c(OC)c4)[nH]c3C2)c1. The number of aromatic nitrogens is 2. The van der Waals surface area contributed by atoms with Crippen molar-refractivity contribution in [3.05, 3.63) is 59.4 Å². The van der Waals surface area contributed by atoms with E-state index in [-0.39, 0.29) is 17.6 Å². The van der Waals surface area contributed by atoms with Crippen LogP contribution in [0.2, 0.25) is 0 Å². The molecule has 1 atom stereocenters. The van der Waals surface area contributed by atoms with Gasteiger partial charge in [0.15, 0.2) is 11.5 Å². The molecule has 1 aliphatic heterocycles. The van der Waals surface area contributed by atoms with Gasteiger partial charge in [0, 0.05) is 23.7 Å². The summed E-state index contributed by atoms with van der Waals surface area (Å²) in [5, 5.41) is 12.8. The third-order valence-electron chi connectivity index (χ3n) is 4.97. The number of hydrogen-bond acceptors (Lipinski definition) is 5. The van der Waals surface area contributed by atoms with Gasteiger partial charge >= 0.3 is 0 Å². The fraction of sp³-hybridized carbons (Fsp3) is 0.238. The largest absolute Gasteiger partial charge is 0.504 e. The van der Waals surface area contributed by atoms with Gasteiger partial charge in [-0.1, -0.05) is 12.1 Å². The summed E-state index contributed by atoms with van der Waals surface area (Å²) in [6.45, 7) is 0.526. The lowest BCUT2D eigenvalue weighted by Gasteiger charge is -2.15. The van der Waals surface area contributed by atoms with E-state index in [4.69, 9.17) is 9.47 Å². The predicted molar refractivity (Wildman–Crippen MR) is 104 cm³/mol. The number of nitrogens with one attached hydrogen (secondary N) is 2. The number of aromatic hydroxyl groups is 1. The van der Waals surface area contributed by atoms with Crippen LogP contribution in [0.5, 0.6) is 17.2 Å². The minimum Gasteiger partial charge on any atom is -0.504 e. The van der Waals surface area contributed by atoms with E-state index in [1.807, 2.05) is 24.3 Å². The zero-order valence-corrected chi connectivity index (χ0v) is 15.7. The number of phenols is 1. The van der Waals surface area contributed by atoms with E-state index in [9.17, 15) is 9.90 Å². The molecule has 0 saturated heterocycles. The van der Waals surface area contributed by atoms with Gasteiger partial charge in [0.25, 0.3) is 5.91 Å². The Hall–Kier alpha value is -3.48. The van der Waals surface area contributed by atoms with Crippen LogP contribution in [0, 0.1) is 0 Å². The Kier molecular flexibility index (Phi) is 4.65. The average molecular weight is 379 g/mol. The molecule has 2 heterocycles. The smallest absolute Gasteiger partial charge is 0.271 e. The average Bonchev–Trinajstić information content (AvgIpc) is 3.08. The number of carbonyl (C=O) groups excluding carboxylic acids is 1. The molecule has 2 aromatic carbocycles. The lowest BCUT2D eigenvalue weighted by molar-refractivity contribution is 0.0950. The summed E-state index contributed by atoms with van der Waals surface area (Å²) >= 11 is 0. The number of amides is 1. The lowest BCUT2D eigenvalue weighted by Crippen LogP contribution is -2.26. The van der Waals surface area contributed by atoms with Gasteiger partial charge in [-0.2, -0.15) is 0 Å². The van der Waals surface area contributed by atoms with Crippen LogP contribution in [-0.2, 0) is 6.42 Å². The van der Waals surface area contributed by atoms with Gasteiger partial charge in [-0.05, 0) is 42.3 Å². The molecule has 3 aromatic rings. The molecule has 0 bridgehead atoms. The first kappa shape index (κ1) is 17.9. The fourth-order valence-corrected chi connectivity index (χ4v) is 3.46. The second-order valence-electron chi connectivity index (χ2n) is 6.69. The Morgan fingerprint density at radius 2 is 2.00 bits per heavy atom. The number of ether oxygens (including phenoxy) is 2. The molecular formula is C21H21N3O4. The van der Waals surface area contributed by atoms with E-state index < -0.39 is 0 Å². The summed E-state index contributed by atoms with van der Waals surface area (Å²) in [6.07, 6.45) is 0.642. The van der Waals surface area contributed by atoms with E-state index in [0.717, 1.165) is 22.6 Å². The van der Waals surface area contributed by atoms with Gasteiger partial charge in [0.1, 0.15) is 17.3 Å². The molecule has 0 radical (unpaired) electrons. The molecule has 0 saturated carbocycles. The molecule has 7 nitrogen and oxygen atoms in total. The van der Waals surface area contributed by atoms with Gasteiger partial charge in [-0.15, -0.1) is 0 Å². The number of benzene rings is 2. The van der Waals surface area contributed by atoms with Crippen molar-refractivity contribution in [2.75, 3.05) is 20.8 Å². The zero-order chi connectivity index (χ0) is 19.7. The van der Waals surface area contributed by atoms with Crippen LogP contribution in [-0.4, -0.2) is 41.7 Å². The van der Waals surface area contributed by atoms with Gasteiger partial charge in [-0.25, -0.2) is 4.98 Å². The van der Waals surface area contributed by atoms with E-state index >= 15 is 0 Å². The van der Waals surface area contributed by atoms with Crippen molar-refractivity contribution in [3.8, 4) is 28.6 Å². The standard InChI is InChI=1S/C21H21N3O4/c1-27-15-5-3-4-12(8-15)14-9-16-19(21(26)22-11-14)24-20(23-16)13-6-7-17(25)18(10-13)28-2/h3-8,10,14,25H,9,11H2,1-2H3,(H,22,26)(H,23,24)/t14-/m1/s1. The first-order valence-electron chi connectivity index (χ1n) is 8.97. The van der Waals surface area contributed by atoms with Crippen molar-refractivity contribution in [3.63, 3.8) is 0 Å². The van der Waals surface area contributed by atoms with Crippen LogP contribution in [0.4, 0.5) is 0 Å². The van der Waals surface area contributed by atoms with Crippen molar-refractivity contribution in [1.29, 1.82) is 0 Å². The molecule has 3 N–H and O–H groups in total. The third-order valence-corrected chi connectivity index (χ3v) is 4.97. The number of carbonyl (C=O) groups is 1. The molecule has 144 valence electrons. The first-order chi connectivity index (χ1) is 13.6.